The number of benzene rings is 3. The largest absolute Gasteiger partial charge is 0.497 e. The standard InChI is InChI=1S/C30H28FN3O5/c1-4-38-30(36)33(2)27-23-6-5-15-32-26(23)28(39-18-20-9-13-22(37-3)14-10-20)25-24(27)17-34(29(25)35)16-19-7-11-21(31)12-8-19/h5-15H,4,16-18H2,1-3H3. The van der Waals surface area contributed by atoms with Gasteiger partial charge < -0.3 is 19.1 Å². The van der Waals surface area contributed by atoms with Gasteiger partial charge in [-0.25, -0.2) is 9.18 Å². The average molecular weight is 530 g/mol. The number of carbonyl (C=O) groups excluding carboxylic acids is 2. The quantitative estimate of drug-likeness (QED) is 0.291. The molecule has 0 saturated heterocycles. The van der Waals surface area contributed by atoms with E-state index in [1.807, 2.05) is 30.3 Å². The molecule has 1 aliphatic heterocycles. The lowest BCUT2D eigenvalue weighted by molar-refractivity contribution is 0.0763. The first-order valence-corrected chi connectivity index (χ1v) is 12.5. The first kappa shape index (κ1) is 26.0. The number of rotatable bonds is 8. The minimum Gasteiger partial charge on any atom is -0.497 e. The summed E-state index contributed by atoms with van der Waals surface area (Å²) >= 11 is 0. The van der Waals surface area contributed by atoms with Gasteiger partial charge in [0.15, 0.2) is 5.75 Å². The molecule has 39 heavy (non-hydrogen) atoms. The minimum atomic E-state index is -0.541. The molecule has 9 heteroatoms. The molecule has 0 aliphatic carbocycles. The second-order valence-electron chi connectivity index (χ2n) is 9.11. The number of ether oxygens (including phenoxy) is 3. The summed E-state index contributed by atoms with van der Waals surface area (Å²) in [6.07, 6.45) is 1.08. The molecule has 5 rings (SSSR count). The van der Waals surface area contributed by atoms with Crippen LogP contribution in [0.2, 0.25) is 0 Å². The van der Waals surface area contributed by atoms with Crippen LogP contribution >= 0.6 is 0 Å². The molecule has 0 fully saturated rings. The van der Waals surface area contributed by atoms with E-state index in [-0.39, 0.29) is 38.0 Å². The third-order valence-corrected chi connectivity index (χ3v) is 6.65. The van der Waals surface area contributed by atoms with E-state index in [1.54, 1.807) is 50.4 Å². The molecule has 0 bridgehead atoms. The fourth-order valence-corrected chi connectivity index (χ4v) is 4.77. The van der Waals surface area contributed by atoms with Crippen LogP contribution in [0.5, 0.6) is 11.5 Å². The first-order valence-electron chi connectivity index (χ1n) is 12.5. The summed E-state index contributed by atoms with van der Waals surface area (Å²) in [5, 5.41) is 0.660. The molecule has 0 saturated carbocycles. The van der Waals surface area contributed by atoms with Gasteiger partial charge in [0.05, 0.1) is 25.0 Å². The second-order valence-corrected chi connectivity index (χ2v) is 9.11. The van der Waals surface area contributed by atoms with Crippen molar-refractivity contribution in [1.82, 2.24) is 9.88 Å². The van der Waals surface area contributed by atoms with E-state index < -0.39 is 6.09 Å². The second kappa shape index (κ2) is 11.0. The van der Waals surface area contributed by atoms with Crippen molar-refractivity contribution < 1.29 is 28.2 Å². The summed E-state index contributed by atoms with van der Waals surface area (Å²) in [6, 6.07) is 17.1. The van der Waals surface area contributed by atoms with Crippen molar-refractivity contribution in [3.8, 4) is 11.5 Å². The Morgan fingerprint density at radius 1 is 1.08 bits per heavy atom. The number of halogens is 1. The first-order chi connectivity index (χ1) is 18.9. The highest BCUT2D eigenvalue weighted by molar-refractivity contribution is 6.13. The number of hydrogen-bond donors (Lipinski definition) is 0. The smallest absolute Gasteiger partial charge is 0.414 e. The highest BCUT2D eigenvalue weighted by atomic mass is 19.1. The van der Waals surface area contributed by atoms with Crippen molar-refractivity contribution in [1.29, 1.82) is 0 Å². The van der Waals surface area contributed by atoms with E-state index in [2.05, 4.69) is 4.98 Å². The number of aromatic nitrogens is 1. The van der Waals surface area contributed by atoms with E-state index in [0.717, 1.165) is 16.9 Å². The van der Waals surface area contributed by atoms with Gasteiger partial charge in [-0.2, -0.15) is 0 Å². The Hall–Kier alpha value is -4.66. The maximum absolute atomic E-state index is 13.9. The average Bonchev–Trinajstić information content (AvgIpc) is 3.27. The molecule has 1 aliphatic rings. The fraction of sp³-hybridized carbons (Fsp3) is 0.233. The molecule has 0 N–H and O–H groups in total. The van der Waals surface area contributed by atoms with Crippen molar-refractivity contribution in [3.63, 3.8) is 0 Å². The van der Waals surface area contributed by atoms with Gasteiger partial charge in [-0.15, -0.1) is 0 Å². The van der Waals surface area contributed by atoms with Crippen molar-refractivity contribution in [2.24, 2.45) is 0 Å². The molecular formula is C30H28FN3O5. The Morgan fingerprint density at radius 3 is 2.49 bits per heavy atom. The molecule has 0 atom stereocenters. The molecule has 4 aromatic rings. The van der Waals surface area contributed by atoms with E-state index >= 15 is 0 Å². The van der Waals surface area contributed by atoms with Crippen molar-refractivity contribution >= 4 is 28.6 Å². The third-order valence-electron chi connectivity index (χ3n) is 6.65. The number of nitrogens with zero attached hydrogens (tertiary/aromatic N) is 3. The van der Waals surface area contributed by atoms with Crippen LogP contribution in [0.15, 0.2) is 66.9 Å². The third kappa shape index (κ3) is 5.07. The van der Waals surface area contributed by atoms with Crippen molar-refractivity contribution in [3.05, 3.63) is 94.9 Å². The Labute approximate surface area is 225 Å². The summed E-state index contributed by atoms with van der Waals surface area (Å²) in [4.78, 5) is 34.3. The monoisotopic (exact) mass is 529 g/mol. The number of amides is 2. The molecule has 2 heterocycles. The zero-order valence-corrected chi connectivity index (χ0v) is 21.9. The SMILES string of the molecule is CCOC(=O)N(C)c1c2c(c(OCc3ccc(OC)cc3)c3ncccc13)C(=O)N(Cc1ccc(F)cc1)C2. The number of carbonyl (C=O) groups is 2. The van der Waals surface area contributed by atoms with Crippen LogP contribution in [0, 0.1) is 5.82 Å². The van der Waals surface area contributed by atoms with E-state index in [4.69, 9.17) is 14.2 Å². The van der Waals surface area contributed by atoms with E-state index in [0.29, 0.717) is 33.5 Å². The topological polar surface area (TPSA) is 81.2 Å². The molecule has 0 spiro atoms. The summed E-state index contributed by atoms with van der Waals surface area (Å²) < 4.78 is 30.3. The minimum absolute atomic E-state index is 0.195. The van der Waals surface area contributed by atoms with Gasteiger partial charge in [-0.1, -0.05) is 24.3 Å². The Bertz CT molecular complexity index is 1520. The Morgan fingerprint density at radius 2 is 1.79 bits per heavy atom. The predicted molar refractivity (Wildman–Crippen MR) is 144 cm³/mol. The van der Waals surface area contributed by atoms with E-state index in [9.17, 15) is 14.0 Å². The maximum Gasteiger partial charge on any atom is 0.414 e. The maximum atomic E-state index is 13.9. The molecule has 8 nitrogen and oxygen atoms in total. The van der Waals surface area contributed by atoms with Crippen LogP contribution < -0.4 is 14.4 Å². The number of anilines is 1. The van der Waals surface area contributed by atoms with Gasteiger partial charge in [0.25, 0.3) is 5.91 Å². The Kier molecular flexibility index (Phi) is 7.31. The van der Waals surface area contributed by atoms with Gasteiger partial charge in [0, 0.05) is 37.3 Å². The van der Waals surface area contributed by atoms with Crippen LogP contribution in [0.25, 0.3) is 10.9 Å². The van der Waals surface area contributed by atoms with Crippen LogP contribution in [-0.4, -0.2) is 42.6 Å². The zero-order valence-electron chi connectivity index (χ0n) is 21.9. The van der Waals surface area contributed by atoms with Gasteiger partial charge in [0.1, 0.15) is 23.7 Å². The molecule has 0 radical (unpaired) electrons. The number of pyridine rings is 1. The van der Waals surface area contributed by atoms with Crippen molar-refractivity contribution in [2.45, 2.75) is 26.6 Å². The van der Waals surface area contributed by atoms with Crippen LogP contribution in [0.3, 0.4) is 0 Å². The van der Waals surface area contributed by atoms with Crippen LogP contribution in [-0.2, 0) is 24.4 Å². The van der Waals surface area contributed by atoms with Gasteiger partial charge >= 0.3 is 6.09 Å². The molecule has 2 amide bonds. The molecule has 1 aromatic heterocycles. The molecule has 3 aromatic carbocycles. The van der Waals surface area contributed by atoms with E-state index in [1.165, 1.54) is 17.0 Å². The lowest BCUT2D eigenvalue weighted by Gasteiger charge is -2.23. The summed E-state index contributed by atoms with van der Waals surface area (Å²) in [6.45, 7) is 2.63. The normalized spacial score (nSPS) is 12.4. The number of fused-ring (bicyclic) bond motifs is 2. The summed E-state index contributed by atoms with van der Waals surface area (Å²) in [7, 11) is 3.22. The van der Waals surface area contributed by atoms with Crippen molar-refractivity contribution in [2.75, 3.05) is 25.7 Å². The predicted octanol–water partition coefficient (Wildman–Crippen LogP) is 5.71. The molecular weight excluding hydrogens is 501 g/mol. The Balaban J connectivity index is 1.61. The van der Waals surface area contributed by atoms with Gasteiger partial charge in [0.2, 0.25) is 0 Å². The lowest BCUT2D eigenvalue weighted by Crippen LogP contribution is -2.28. The number of methoxy groups -OCH3 is 1. The molecule has 0 unspecified atom stereocenters. The van der Waals surface area contributed by atoms with Gasteiger partial charge in [-0.05, 0) is 54.4 Å². The van der Waals surface area contributed by atoms with Crippen LogP contribution in [0.1, 0.15) is 34.0 Å². The molecule has 200 valence electrons. The highest BCUT2D eigenvalue weighted by Crippen LogP contribution is 2.45. The number of hydrogen-bond acceptors (Lipinski definition) is 6. The van der Waals surface area contributed by atoms with Crippen LogP contribution in [0.4, 0.5) is 14.9 Å². The zero-order chi connectivity index (χ0) is 27.5. The fourth-order valence-electron chi connectivity index (χ4n) is 4.77. The summed E-state index contributed by atoms with van der Waals surface area (Å²) in [5.74, 6) is 0.471. The summed E-state index contributed by atoms with van der Waals surface area (Å²) in [5.41, 5.74) is 3.66. The highest BCUT2D eigenvalue weighted by Gasteiger charge is 2.37. The van der Waals surface area contributed by atoms with Gasteiger partial charge in [-0.3, -0.25) is 14.7 Å². The lowest BCUT2D eigenvalue weighted by atomic mass is 10.0.